The van der Waals surface area contributed by atoms with E-state index in [0.717, 1.165) is 4.31 Å². The standard InChI is InChI=1S/C28H31Cl2N3O5S/c1-4-31-28(35)20(3)32(18-24-25(29)12-9-13-26(24)30)27(34)19-33(21-14-16-22(17-15-21)38-5-2)39(36,37)23-10-7-6-8-11-23/h6-17,20H,4-5,18-19H2,1-3H3,(H,31,35)/t20-/m1/s1. The molecule has 8 nitrogen and oxygen atoms in total. The molecule has 0 aliphatic heterocycles. The maximum Gasteiger partial charge on any atom is 0.264 e. The zero-order valence-electron chi connectivity index (χ0n) is 21.9. The first-order valence-corrected chi connectivity index (χ1v) is 14.6. The van der Waals surface area contributed by atoms with Gasteiger partial charge in [-0.2, -0.15) is 0 Å². The summed E-state index contributed by atoms with van der Waals surface area (Å²) < 4.78 is 34.1. The van der Waals surface area contributed by atoms with Crippen LogP contribution >= 0.6 is 23.2 Å². The molecule has 3 rings (SSSR count). The van der Waals surface area contributed by atoms with E-state index in [9.17, 15) is 18.0 Å². The van der Waals surface area contributed by atoms with Gasteiger partial charge in [0.1, 0.15) is 18.3 Å². The molecule has 1 atom stereocenters. The second-order valence-electron chi connectivity index (χ2n) is 8.54. The molecule has 0 heterocycles. The number of halogens is 2. The minimum absolute atomic E-state index is 0.0177. The lowest BCUT2D eigenvalue weighted by molar-refractivity contribution is -0.139. The molecule has 1 N–H and O–H groups in total. The molecule has 0 saturated heterocycles. The lowest BCUT2D eigenvalue weighted by Crippen LogP contribution is -2.51. The highest BCUT2D eigenvalue weighted by Crippen LogP contribution is 2.29. The van der Waals surface area contributed by atoms with Gasteiger partial charge in [0.15, 0.2) is 0 Å². The first-order chi connectivity index (χ1) is 18.6. The Morgan fingerprint density at radius 2 is 1.54 bits per heavy atom. The average Bonchev–Trinajstić information content (AvgIpc) is 2.92. The number of carbonyl (C=O) groups is 2. The van der Waals surface area contributed by atoms with Crippen molar-refractivity contribution in [2.75, 3.05) is 24.0 Å². The smallest absolute Gasteiger partial charge is 0.264 e. The number of hydrogen-bond acceptors (Lipinski definition) is 5. The van der Waals surface area contributed by atoms with Gasteiger partial charge in [0.2, 0.25) is 11.8 Å². The van der Waals surface area contributed by atoms with Crippen LogP contribution in [0.3, 0.4) is 0 Å². The molecule has 0 fully saturated rings. The van der Waals surface area contributed by atoms with E-state index in [1.54, 1.807) is 74.5 Å². The molecule has 0 spiro atoms. The van der Waals surface area contributed by atoms with Crippen molar-refractivity contribution in [3.05, 3.63) is 88.4 Å². The average molecular weight is 593 g/mol. The van der Waals surface area contributed by atoms with Crippen molar-refractivity contribution in [2.45, 2.75) is 38.3 Å². The number of nitrogens with one attached hydrogen (secondary N) is 1. The third kappa shape index (κ3) is 7.44. The maximum absolute atomic E-state index is 13.9. The first-order valence-electron chi connectivity index (χ1n) is 12.4. The summed E-state index contributed by atoms with van der Waals surface area (Å²) in [5.74, 6) is -0.449. The van der Waals surface area contributed by atoms with Crippen molar-refractivity contribution in [3.8, 4) is 5.75 Å². The third-order valence-corrected chi connectivity index (χ3v) is 8.45. The molecule has 0 saturated carbocycles. The number of carbonyl (C=O) groups excluding carboxylic acids is 2. The number of anilines is 1. The van der Waals surface area contributed by atoms with E-state index >= 15 is 0 Å². The van der Waals surface area contributed by atoms with E-state index in [1.807, 2.05) is 6.92 Å². The Morgan fingerprint density at radius 3 is 2.10 bits per heavy atom. The van der Waals surface area contributed by atoms with Gasteiger partial charge in [-0.05, 0) is 69.3 Å². The molecule has 2 amide bonds. The normalized spacial score (nSPS) is 11.9. The van der Waals surface area contributed by atoms with Gasteiger partial charge in [-0.15, -0.1) is 0 Å². The quantitative estimate of drug-likeness (QED) is 0.314. The highest BCUT2D eigenvalue weighted by Gasteiger charge is 2.33. The highest BCUT2D eigenvalue weighted by atomic mass is 35.5. The van der Waals surface area contributed by atoms with Gasteiger partial charge in [-0.3, -0.25) is 13.9 Å². The van der Waals surface area contributed by atoms with Crippen LogP contribution in [0.1, 0.15) is 26.3 Å². The van der Waals surface area contributed by atoms with Crippen molar-refractivity contribution in [2.24, 2.45) is 0 Å². The van der Waals surface area contributed by atoms with Gasteiger partial charge in [-0.1, -0.05) is 47.5 Å². The van der Waals surface area contributed by atoms with Crippen LogP contribution in [0.4, 0.5) is 5.69 Å². The fourth-order valence-electron chi connectivity index (χ4n) is 3.88. The number of benzene rings is 3. The van der Waals surface area contributed by atoms with Crippen molar-refractivity contribution < 1.29 is 22.7 Å². The number of ether oxygens (including phenoxy) is 1. The van der Waals surface area contributed by atoms with Gasteiger partial charge in [0, 0.05) is 28.7 Å². The zero-order valence-corrected chi connectivity index (χ0v) is 24.3. The van der Waals surface area contributed by atoms with E-state index in [-0.39, 0.29) is 17.1 Å². The third-order valence-electron chi connectivity index (χ3n) is 5.95. The molecule has 3 aromatic carbocycles. The van der Waals surface area contributed by atoms with E-state index in [1.165, 1.54) is 17.0 Å². The van der Waals surface area contributed by atoms with Crippen LogP contribution in [0.2, 0.25) is 10.0 Å². The summed E-state index contributed by atoms with van der Waals surface area (Å²) in [6, 6.07) is 18.2. The number of nitrogens with zero attached hydrogens (tertiary/aromatic N) is 2. The Balaban J connectivity index is 2.05. The number of likely N-dealkylation sites (N-methyl/N-ethyl adjacent to an activating group) is 1. The molecular weight excluding hydrogens is 561 g/mol. The highest BCUT2D eigenvalue weighted by molar-refractivity contribution is 7.92. The van der Waals surface area contributed by atoms with Crippen molar-refractivity contribution in [1.82, 2.24) is 10.2 Å². The van der Waals surface area contributed by atoms with E-state index < -0.39 is 34.4 Å². The molecule has 0 aliphatic rings. The fraction of sp³-hybridized carbons (Fsp3) is 0.286. The fourth-order valence-corrected chi connectivity index (χ4v) is 5.83. The maximum atomic E-state index is 13.9. The summed E-state index contributed by atoms with van der Waals surface area (Å²) in [6.45, 7) is 5.31. The Kier molecular flexibility index (Phi) is 10.6. The van der Waals surface area contributed by atoms with Gasteiger partial charge < -0.3 is 15.0 Å². The number of sulfonamides is 1. The summed E-state index contributed by atoms with van der Waals surface area (Å²) >= 11 is 12.8. The Bertz CT molecular complexity index is 1370. The van der Waals surface area contributed by atoms with Crippen LogP contribution in [0.5, 0.6) is 5.75 Å². The first kappa shape index (κ1) is 30.3. The number of rotatable bonds is 12. The minimum atomic E-state index is -4.16. The molecule has 39 heavy (non-hydrogen) atoms. The van der Waals surface area contributed by atoms with Crippen LogP contribution in [-0.2, 0) is 26.2 Å². The molecule has 0 bridgehead atoms. The number of hydrogen-bond donors (Lipinski definition) is 1. The monoisotopic (exact) mass is 591 g/mol. The zero-order chi connectivity index (χ0) is 28.6. The van der Waals surface area contributed by atoms with Crippen LogP contribution in [-0.4, -0.2) is 50.9 Å². The summed E-state index contributed by atoms with van der Waals surface area (Å²) in [4.78, 5) is 28.0. The molecule has 0 aromatic heterocycles. The molecule has 11 heteroatoms. The van der Waals surface area contributed by atoms with E-state index in [0.29, 0.717) is 34.5 Å². The predicted molar refractivity (Wildman–Crippen MR) is 154 cm³/mol. The molecule has 0 unspecified atom stereocenters. The SMILES string of the molecule is CCNC(=O)[C@@H](C)N(Cc1c(Cl)cccc1Cl)C(=O)CN(c1ccc(OCC)cc1)S(=O)(=O)c1ccccc1. The lowest BCUT2D eigenvalue weighted by Gasteiger charge is -2.32. The Morgan fingerprint density at radius 1 is 0.923 bits per heavy atom. The van der Waals surface area contributed by atoms with Gasteiger partial charge in [0.25, 0.3) is 10.0 Å². The molecule has 3 aromatic rings. The largest absolute Gasteiger partial charge is 0.494 e. The summed E-state index contributed by atoms with van der Waals surface area (Å²) in [5.41, 5.74) is 0.709. The molecule has 0 radical (unpaired) electrons. The second kappa shape index (κ2) is 13.7. The van der Waals surface area contributed by atoms with Crippen LogP contribution < -0.4 is 14.4 Å². The van der Waals surface area contributed by atoms with E-state index in [2.05, 4.69) is 5.32 Å². The van der Waals surface area contributed by atoms with Crippen molar-refractivity contribution >= 4 is 50.7 Å². The predicted octanol–water partition coefficient (Wildman–Crippen LogP) is 5.14. The second-order valence-corrected chi connectivity index (χ2v) is 11.2. The molecular formula is C28H31Cl2N3O5S. The lowest BCUT2D eigenvalue weighted by atomic mass is 10.1. The number of amides is 2. The van der Waals surface area contributed by atoms with Crippen LogP contribution in [0, 0.1) is 0 Å². The van der Waals surface area contributed by atoms with Gasteiger partial charge in [0.05, 0.1) is 17.2 Å². The van der Waals surface area contributed by atoms with Crippen LogP contribution in [0.25, 0.3) is 0 Å². The summed E-state index contributed by atoms with van der Waals surface area (Å²) in [7, 11) is -4.16. The minimum Gasteiger partial charge on any atom is -0.494 e. The Labute approximate surface area is 239 Å². The van der Waals surface area contributed by atoms with Gasteiger partial charge in [-0.25, -0.2) is 8.42 Å². The van der Waals surface area contributed by atoms with Crippen molar-refractivity contribution in [3.63, 3.8) is 0 Å². The summed E-state index contributed by atoms with van der Waals surface area (Å²) in [6.07, 6.45) is 0. The Hall–Kier alpha value is -3.27. The topological polar surface area (TPSA) is 96.0 Å². The van der Waals surface area contributed by atoms with Crippen molar-refractivity contribution in [1.29, 1.82) is 0 Å². The van der Waals surface area contributed by atoms with Gasteiger partial charge >= 0.3 is 0 Å². The summed E-state index contributed by atoms with van der Waals surface area (Å²) in [5, 5.41) is 3.36. The van der Waals surface area contributed by atoms with E-state index in [4.69, 9.17) is 27.9 Å². The van der Waals surface area contributed by atoms with Crippen LogP contribution in [0.15, 0.2) is 77.7 Å². The molecule has 208 valence electrons. The molecule has 0 aliphatic carbocycles.